The monoisotopic (exact) mass is 272 g/mol. The number of rotatable bonds is 3. The predicted octanol–water partition coefficient (Wildman–Crippen LogP) is 4.58. The molecule has 2 rings (SSSR count). The molecule has 0 aliphatic rings. The molecule has 96 valence electrons. The fourth-order valence-electron chi connectivity index (χ4n) is 1.94. The SMILES string of the molecule is CC(C)c1cc(F)cc(-c2cccnc2)c1SC#N. The van der Waals surface area contributed by atoms with Crippen LogP contribution in [0, 0.1) is 16.5 Å². The van der Waals surface area contributed by atoms with Gasteiger partial charge in [0.05, 0.1) is 0 Å². The van der Waals surface area contributed by atoms with Crippen LogP contribution in [0.4, 0.5) is 4.39 Å². The molecule has 0 amide bonds. The summed E-state index contributed by atoms with van der Waals surface area (Å²) in [4.78, 5) is 4.86. The molecular weight excluding hydrogens is 259 g/mol. The maximum absolute atomic E-state index is 13.8. The fourth-order valence-corrected chi connectivity index (χ4v) is 2.73. The van der Waals surface area contributed by atoms with Gasteiger partial charge in [0.1, 0.15) is 11.2 Å². The van der Waals surface area contributed by atoms with E-state index in [1.54, 1.807) is 18.5 Å². The number of aromatic nitrogens is 1. The highest BCUT2D eigenvalue weighted by Gasteiger charge is 2.15. The summed E-state index contributed by atoms with van der Waals surface area (Å²) in [5.74, 6) is -0.133. The topological polar surface area (TPSA) is 36.7 Å². The summed E-state index contributed by atoms with van der Waals surface area (Å²) in [5.41, 5.74) is 2.40. The Morgan fingerprint density at radius 1 is 1.37 bits per heavy atom. The Balaban J connectivity index is 2.69. The van der Waals surface area contributed by atoms with Gasteiger partial charge in [-0.3, -0.25) is 4.98 Å². The first-order valence-electron chi connectivity index (χ1n) is 5.93. The van der Waals surface area contributed by atoms with E-state index >= 15 is 0 Å². The van der Waals surface area contributed by atoms with Crippen molar-refractivity contribution in [3.8, 4) is 16.5 Å². The van der Waals surface area contributed by atoms with E-state index in [0.717, 1.165) is 33.3 Å². The van der Waals surface area contributed by atoms with Crippen LogP contribution in [0.3, 0.4) is 0 Å². The number of hydrogen-bond acceptors (Lipinski definition) is 3. The van der Waals surface area contributed by atoms with Crippen LogP contribution in [0.15, 0.2) is 41.6 Å². The van der Waals surface area contributed by atoms with Crippen LogP contribution in [0.2, 0.25) is 0 Å². The van der Waals surface area contributed by atoms with Crippen LogP contribution in [0.5, 0.6) is 0 Å². The average molecular weight is 272 g/mol. The molecule has 19 heavy (non-hydrogen) atoms. The van der Waals surface area contributed by atoms with Crippen molar-refractivity contribution in [2.45, 2.75) is 24.7 Å². The van der Waals surface area contributed by atoms with Gasteiger partial charge in [-0.05, 0) is 41.4 Å². The Hall–Kier alpha value is -1.86. The van der Waals surface area contributed by atoms with Gasteiger partial charge in [0.2, 0.25) is 0 Å². The first-order valence-corrected chi connectivity index (χ1v) is 6.75. The summed E-state index contributed by atoms with van der Waals surface area (Å²) in [6.07, 6.45) is 3.35. The van der Waals surface area contributed by atoms with Gasteiger partial charge >= 0.3 is 0 Å². The van der Waals surface area contributed by atoms with Gasteiger partial charge in [0.25, 0.3) is 0 Å². The number of thiocyanates is 1. The summed E-state index contributed by atoms with van der Waals surface area (Å²) in [7, 11) is 0. The maximum atomic E-state index is 13.8. The number of thioether (sulfide) groups is 1. The highest BCUT2D eigenvalue weighted by Crippen LogP contribution is 2.37. The molecule has 0 saturated carbocycles. The molecule has 1 heterocycles. The summed E-state index contributed by atoms with van der Waals surface area (Å²) in [6, 6.07) is 6.64. The third-order valence-electron chi connectivity index (χ3n) is 2.82. The molecule has 0 bridgehead atoms. The smallest absolute Gasteiger partial charge is 0.138 e. The molecule has 0 N–H and O–H groups in total. The second-order valence-electron chi connectivity index (χ2n) is 4.46. The first-order chi connectivity index (χ1) is 9.13. The second kappa shape index (κ2) is 5.85. The molecule has 1 aromatic carbocycles. The normalized spacial score (nSPS) is 10.5. The van der Waals surface area contributed by atoms with Crippen molar-refractivity contribution in [2.24, 2.45) is 0 Å². The van der Waals surface area contributed by atoms with Crippen molar-refractivity contribution in [1.29, 1.82) is 5.26 Å². The van der Waals surface area contributed by atoms with Gasteiger partial charge < -0.3 is 0 Å². The lowest BCUT2D eigenvalue weighted by Crippen LogP contribution is -1.96. The maximum Gasteiger partial charge on any atom is 0.138 e. The van der Waals surface area contributed by atoms with Crippen LogP contribution in [0.1, 0.15) is 25.3 Å². The van der Waals surface area contributed by atoms with E-state index in [2.05, 4.69) is 10.4 Å². The van der Waals surface area contributed by atoms with Crippen LogP contribution in [0.25, 0.3) is 11.1 Å². The molecule has 4 heteroatoms. The number of benzene rings is 1. The average Bonchev–Trinajstić information content (AvgIpc) is 2.41. The van der Waals surface area contributed by atoms with E-state index in [1.165, 1.54) is 12.1 Å². The number of hydrogen-bond donors (Lipinski definition) is 0. The molecule has 0 atom stereocenters. The fraction of sp³-hybridized carbons (Fsp3) is 0.200. The quantitative estimate of drug-likeness (QED) is 0.606. The zero-order valence-corrected chi connectivity index (χ0v) is 11.5. The predicted molar refractivity (Wildman–Crippen MR) is 75.2 cm³/mol. The minimum absolute atomic E-state index is 0.155. The third-order valence-corrected chi connectivity index (χ3v) is 3.58. The Bertz CT molecular complexity index is 618. The lowest BCUT2D eigenvalue weighted by Gasteiger charge is -2.15. The van der Waals surface area contributed by atoms with E-state index < -0.39 is 0 Å². The molecule has 0 saturated heterocycles. The summed E-state index contributed by atoms with van der Waals surface area (Å²) in [5, 5.41) is 11.1. The zero-order valence-electron chi connectivity index (χ0n) is 10.7. The molecule has 0 unspecified atom stereocenters. The highest BCUT2D eigenvalue weighted by atomic mass is 32.2. The van der Waals surface area contributed by atoms with Gasteiger partial charge in [-0.2, -0.15) is 5.26 Å². The van der Waals surface area contributed by atoms with Crippen molar-refractivity contribution in [2.75, 3.05) is 0 Å². The van der Waals surface area contributed by atoms with Crippen LogP contribution < -0.4 is 0 Å². The van der Waals surface area contributed by atoms with Crippen LogP contribution >= 0.6 is 11.8 Å². The van der Waals surface area contributed by atoms with Gasteiger partial charge in [-0.1, -0.05) is 19.9 Å². The molecular formula is C15H13FN2S. The van der Waals surface area contributed by atoms with Gasteiger partial charge in [-0.25, -0.2) is 4.39 Å². The number of pyridine rings is 1. The van der Waals surface area contributed by atoms with E-state index in [9.17, 15) is 4.39 Å². The van der Waals surface area contributed by atoms with E-state index in [1.807, 2.05) is 19.9 Å². The summed E-state index contributed by atoms with van der Waals surface area (Å²) in [6.45, 7) is 3.98. The van der Waals surface area contributed by atoms with E-state index in [0.29, 0.717) is 0 Å². The second-order valence-corrected chi connectivity index (χ2v) is 5.26. The van der Waals surface area contributed by atoms with Crippen molar-refractivity contribution in [3.05, 3.63) is 48.0 Å². The molecule has 0 aliphatic carbocycles. The standard InChI is InChI=1S/C15H13FN2S/c1-10(2)13-6-12(16)7-14(15(13)19-9-17)11-4-3-5-18-8-11/h3-8,10H,1-2H3. The molecule has 0 spiro atoms. The lowest BCUT2D eigenvalue weighted by molar-refractivity contribution is 0.621. The van der Waals surface area contributed by atoms with Gasteiger partial charge in [0, 0.05) is 28.4 Å². The van der Waals surface area contributed by atoms with E-state index in [-0.39, 0.29) is 11.7 Å². The Morgan fingerprint density at radius 2 is 2.16 bits per heavy atom. The van der Waals surface area contributed by atoms with Gasteiger partial charge in [0.15, 0.2) is 0 Å². The third kappa shape index (κ3) is 2.94. The lowest BCUT2D eigenvalue weighted by atomic mass is 9.97. The Morgan fingerprint density at radius 3 is 2.74 bits per heavy atom. The summed E-state index contributed by atoms with van der Waals surface area (Å²) < 4.78 is 13.8. The molecule has 0 fully saturated rings. The van der Waals surface area contributed by atoms with Crippen LogP contribution in [-0.4, -0.2) is 4.98 Å². The van der Waals surface area contributed by atoms with Gasteiger partial charge in [-0.15, -0.1) is 0 Å². The number of nitrogens with zero attached hydrogens (tertiary/aromatic N) is 2. The molecule has 0 aliphatic heterocycles. The first kappa shape index (κ1) is 13.6. The highest BCUT2D eigenvalue weighted by molar-refractivity contribution is 8.03. The van der Waals surface area contributed by atoms with Crippen LogP contribution in [-0.2, 0) is 0 Å². The van der Waals surface area contributed by atoms with Crippen molar-refractivity contribution >= 4 is 11.8 Å². The van der Waals surface area contributed by atoms with E-state index in [4.69, 9.17) is 5.26 Å². The Labute approximate surface area is 116 Å². The molecule has 1 aromatic heterocycles. The Kier molecular flexibility index (Phi) is 4.18. The molecule has 2 aromatic rings. The minimum Gasteiger partial charge on any atom is -0.264 e. The number of nitriles is 1. The minimum atomic E-state index is -0.287. The van der Waals surface area contributed by atoms with Crippen molar-refractivity contribution < 1.29 is 4.39 Å². The van der Waals surface area contributed by atoms with Crippen molar-refractivity contribution in [3.63, 3.8) is 0 Å². The number of halogens is 1. The molecule has 0 radical (unpaired) electrons. The zero-order chi connectivity index (χ0) is 13.8. The largest absolute Gasteiger partial charge is 0.264 e. The van der Waals surface area contributed by atoms with Crippen molar-refractivity contribution in [1.82, 2.24) is 4.98 Å². The summed E-state index contributed by atoms with van der Waals surface area (Å²) >= 11 is 1.07. The molecule has 2 nitrogen and oxygen atoms in total.